The first-order valence-electron chi connectivity index (χ1n) is 5.53. The molecule has 0 unspecified atom stereocenters. The van der Waals surface area contributed by atoms with Gasteiger partial charge in [-0.25, -0.2) is 0 Å². The number of aliphatic hydroxyl groups excluding tert-OH is 1. The van der Waals surface area contributed by atoms with Crippen LogP contribution in [-0.2, 0) is 11.3 Å². The van der Waals surface area contributed by atoms with Crippen LogP contribution in [0.3, 0.4) is 0 Å². The third-order valence-electron chi connectivity index (χ3n) is 2.41. The van der Waals surface area contributed by atoms with E-state index in [1.165, 1.54) is 4.68 Å². The van der Waals surface area contributed by atoms with Crippen LogP contribution in [0.4, 0.5) is 0 Å². The highest BCUT2D eigenvalue weighted by Gasteiger charge is 2.09. The van der Waals surface area contributed by atoms with E-state index in [1.54, 1.807) is 19.2 Å². The second kappa shape index (κ2) is 5.65. The van der Waals surface area contributed by atoms with Crippen molar-refractivity contribution in [2.45, 2.75) is 45.9 Å². The molecule has 0 radical (unpaired) electrons. The van der Waals surface area contributed by atoms with E-state index in [0.29, 0.717) is 5.69 Å². The molecule has 1 aromatic heterocycles. The third kappa shape index (κ3) is 3.66. The van der Waals surface area contributed by atoms with Crippen molar-refractivity contribution in [3.05, 3.63) is 18.0 Å². The lowest BCUT2D eigenvalue weighted by molar-refractivity contribution is -0.122. The summed E-state index contributed by atoms with van der Waals surface area (Å²) in [4.78, 5) is 11.5. The lowest BCUT2D eigenvalue weighted by atomic mass is 10.2. The van der Waals surface area contributed by atoms with E-state index in [2.05, 4.69) is 10.4 Å². The minimum Gasteiger partial charge on any atom is -0.387 e. The van der Waals surface area contributed by atoms with Crippen LogP contribution in [0.5, 0.6) is 0 Å². The van der Waals surface area contributed by atoms with Crippen LogP contribution in [-0.4, -0.2) is 26.8 Å². The lowest BCUT2D eigenvalue weighted by Crippen LogP contribution is -2.34. The number of hydrogen-bond donors (Lipinski definition) is 2. The number of hydrogen-bond acceptors (Lipinski definition) is 3. The van der Waals surface area contributed by atoms with Crippen molar-refractivity contribution in [2.24, 2.45) is 0 Å². The third-order valence-corrected chi connectivity index (χ3v) is 2.41. The molecule has 0 aliphatic heterocycles. The molecule has 1 heterocycles. The molecular weight excluding hydrogens is 206 g/mol. The van der Waals surface area contributed by atoms with Gasteiger partial charge in [-0.1, -0.05) is 6.92 Å². The normalized spacial score (nSPS) is 14.5. The number of carbonyl (C=O) groups is 1. The molecule has 0 spiro atoms. The molecule has 1 rings (SSSR count). The van der Waals surface area contributed by atoms with Gasteiger partial charge >= 0.3 is 0 Å². The lowest BCUT2D eigenvalue weighted by Gasteiger charge is -2.11. The topological polar surface area (TPSA) is 67.2 Å². The molecule has 0 fully saturated rings. The fourth-order valence-electron chi connectivity index (χ4n) is 1.26. The van der Waals surface area contributed by atoms with E-state index >= 15 is 0 Å². The van der Waals surface area contributed by atoms with Crippen molar-refractivity contribution in [1.29, 1.82) is 0 Å². The summed E-state index contributed by atoms with van der Waals surface area (Å²) in [5.41, 5.74) is 0.580. The molecule has 1 amide bonds. The van der Waals surface area contributed by atoms with Gasteiger partial charge in [-0.2, -0.15) is 5.10 Å². The highest BCUT2D eigenvalue weighted by atomic mass is 16.3. The zero-order valence-corrected chi connectivity index (χ0v) is 9.97. The van der Waals surface area contributed by atoms with Gasteiger partial charge in [0.2, 0.25) is 5.91 Å². The number of aliphatic hydroxyl groups is 1. The van der Waals surface area contributed by atoms with Crippen molar-refractivity contribution in [3.8, 4) is 0 Å². The number of nitrogens with zero attached hydrogens (tertiary/aromatic N) is 2. The second-order valence-electron chi connectivity index (χ2n) is 3.99. The Morgan fingerprint density at radius 3 is 2.81 bits per heavy atom. The maximum absolute atomic E-state index is 11.5. The molecule has 0 aliphatic rings. The number of amides is 1. The Hall–Kier alpha value is -1.36. The quantitative estimate of drug-likeness (QED) is 0.780. The van der Waals surface area contributed by atoms with Gasteiger partial charge in [-0.05, 0) is 26.3 Å². The van der Waals surface area contributed by atoms with Crippen molar-refractivity contribution >= 4 is 5.91 Å². The van der Waals surface area contributed by atoms with E-state index in [1.807, 2.05) is 13.8 Å². The van der Waals surface area contributed by atoms with Crippen LogP contribution in [0, 0.1) is 0 Å². The minimum absolute atomic E-state index is 0.0606. The minimum atomic E-state index is -0.598. The van der Waals surface area contributed by atoms with Gasteiger partial charge < -0.3 is 10.4 Å². The maximum atomic E-state index is 11.5. The Morgan fingerprint density at radius 2 is 2.31 bits per heavy atom. The monoisotopic (exact) mass is 225 g/mol. The summed E-state index contributed by atoms with van der Waals surface area (Å²) in [6.45, 7) is 5.82. The first-order valence-corrected chi connectivity index (χ1v) is 5.53. The molecule has 90 valence electrons. The maximum Gasteiger partial charge on any atom is 0.241 e. The van der Waals surface area contributed by atoms with E-state index in [4.69, 9.17) is 0 Å². The van der Waals surface area contributed by atoms with Crippen molar-refractivity contribution < 1.29 is 9.90 Å². The highest BCUT2D eigenvalue weighted by Crippen LogP contribution is 2.07. The van der Waals surface area contributed by atoms with Crippen LogP contribution in [0.1, 0.15) is 39.0 Å². The zero-order chi connectivity index (χ0) is 12.1. The molecule has 2 atom stereocenters. The first-order chi connectivity index (χ1) is 7.52. The molecule has 1 aromatic rings. The number of rotatable bonds is 5. The van der Waals surface area contributed by atoms with Crippen LogP contribution < -0.4 is 5.32 Å². The smallest absolute Gasteiger partial charge is 0.241 e. The summed E-state index contributed by atoms with van der Waals surface area (Å²) in [6.07, 6.45) is 2.00. The van der Waals surface area contributed by atoms with Gasteiger partial charge in [-0.15, -0.1) is 0 Å². The summed E-state index contributed by atoms with van der Waals surface area (Å²) < 4.78 is 1.53. The molecule has 0 saturated carbocycles. The summed E-state index contributed by atoms with van der Waals surface area (Å²) in [5, 5.41) is 16.2. The Kier molecular flexibility index (Phi) is 4.49. The van der Waals surface area contributed by atoms with Crippen LogP contribution in [0.2, 0.25) is 0 Å². The van der Waals surface area contributed by atoms with Gasteiger partial charge in [0.15, 0.2) is 0 Å². The van der Waals surface area contributed by atoms with Crippen LogP contribution >= 0.6 is 0 Å². The van der Waals surface area contributed by atoms with Gasteiger partial charge in [-0.3, -0.25) is 9.48 Å². The standard InChI is InChI=1S/C11H19N3O2/c1-4-8(2)12-11(16)7-14-6-5-10(13-14)9(3)15/h5-6,8-9,15H,4,7H2,1-3H3,(H,12,16)/t8-,9-/m1/s1. The summed E-state index contributed by atoms with van der Waals surface area (Å²) in [6, 6.07) is 1.89. The number of carbonyl (C=O) groups excluding carboxylic acids is 1. The molecule has 0 saturated heterocycles. The fraction of sp³-hybridized carbons (Fsp3) is 0.636. The van der Waals surface area contributed by atoms with Crippen molar-refractivity contribution in [2.75, 3.05) is 0 Å². The Morgan fingerprint density at radius 1 is 1.62 bits per heavy atom. The van der Waals surface area contributed by atoms with Gasteiger partial charge in [0, 0.05) is 12.2 Å². The average molecular weight is 225 g/mol. The number of aromatic nitrogens is 2. The largest absolute Gasteiger partial charge is 0.387 e. The molecule has 5 nitrogen and oxygen atoms in total. The Bertz CT molecular complexity index is 347. The predicted octanol–water partition coefficient (Wildman–Crippen LogP) is 0.851. The van der Waals surface area contributed by atoms with Gasteiger partial charge in [0.1, 0.15) is 6.54 Å². The van der Waals surface area contributed by atoms with Crippen LogP contribution in [0.15, 0.2) is 12.3 Å². The molecule has 0 aliphatic carbocycles. The van der Waals surface area contributed by atoms with Gasteiger partial charge in [0.25, 0.3) is 0 Å². The first kappa shape index (κ1) is 12.7. The molecule has 2 N–H and O–H groups in total. The van der Waals surface area contributed by atoms with Crippen LogP contribution in [0.25, 0.3) is 0 Å². The summed E-state index contributed by atoms with van der Waals surface area (Å²) in [5.74, 6) is -0.0606. The van der Waals surface area contributed by atoms with E-state index in [0.717, 1.165) is 6.42 Å². The second-order valence-corrected chi connectivity index (χ2v) is 3.99. The zero-order valence-electron chi connectivity index (χ0n) is 9.97. The van der Waals surface area contributed by atoms with Crippen molar-refractivity contribution in [1.82, 2.24) is 15.1 Å². The number of nitrogens with one attached hydrogen (secondary N) is 1. The highest BCUT2D eigenvalue weighted by molar-refractivity contribution is 5.75. The average Bonchev–Trinajstić information content (AvgIpc) is 2.65. The fourth-order valence-corrected chi connectivity index (χ4v) is 1.26. The molecule has 0 aromatic carbocycles. The molecule has 5 heteroatoms. The van der Waals surface area contributed by atoms with Crippen molar-refractivity contribution in [3.63, 3.8) is 0 Å². The molecule has 0 bridgehead atoms. The SMILES string of the molecule is CC[C@@H](C)NC(=O)Cn1ccc([C@@H](C)O)n1. The van der Waals surface area contributed by atoms with E-state index in [9.17, 15) is 9.90 Å². The van der Waals surface area contributed by atoms with E-state index < -0.39 is 6.10 Å². The Labute approximate surface area is 95.5 Å². The molecule has 16 heavy (non-hydrogen) atoms. The summed E-state index contributed by atoms with van der Waals surface area (Å²) >= 11 is 0. The predicted molar refractivity (Wildman–Crippen MR) is 60.8 cm³/mol. The van der Waals surface area contributed by atoms with E-state index in [-0.39, 0.29) is 18.5 Å². The summed E-state index contributed by atoms with van der Waals surface area (Å²) in [7, 11) is 0. The Balaban J connectivity index is 2.50. The molecular formula is C11H19N3O2. The van der Waals surface area contributed by atoms with Gasteiger partial charge in [0.05, 0.1) is 11.8 Å².